The highest BCUT2D eigenvalue weighted by molar-refractivity contribution is 7.89. The number of aromatic nitrogens is 2. The van der Waals surface area contributed by atoms with Gasteiger partial charge in [-0.15, -0.1) is 11.3 Å². The summed E-state index contributed by atoms with van der Waals surface area (Å²) in [5.74, 6) is -0.406. The van der Waals surface area contributed by atoms with Crippen molar-refractivity contribution in [3.05, 3.63) is 65.7 Å². The Labute approximate surface area is 184 Å². The summed E-state index contributed by atoms with van der Waals surface area (Å²) in [7, 11) is -3.64. The number of hydrogen-bond acceptors (Lipinski definition) is 5. The van der Waals surface area contributed by atoms with Crippen molar-refractivity contribution in [2.24, 2.45) is 0 Å². The summed E-state index contributed by atoms with van der Waals surface area (Å²) in [6.07, 6.45) is 1.90. The van der Waals surface area contributed by atoms with Gasteiger partial charge in [-0.25, -0.2) is 13.4 Å². The van der Waals surface area contributed by atoms with Gasteiger partial charge in [0.15, 0.2) is 5.13 Å². The Balaban J connectivity index is 1.56. The lowest BCUT2D eigenvalue weighted by Crippen LogP contribution is -2.30. The number of carbonyl (C=O) groups is 1. The average molecular weight is 455 g/mol. The second-order valence-electron chi connectivity index (χ2n) is 6.86. The van der Waals surface area contributed by atoms with E-state index >= 15 is 0 Å². The summed E-state index contributed by atoms with van der Waals surface area (Å²) in [5, 5.41) is 6.16. The lowest BCUT2D eigenvalue weighted by molar-refractivity contribution is 0.102. The number of para-hydroxylation sites is 1. The third kappa shape index (κ3) is 4.12. The highest BCUT2D eigenvalue weighted by Crippen LogP contribution is 2.31. The number of sulfonamides is 1. The first kappa shape index (κ1) is 21.2. The highest BCUT2D eigenvalue weighted by atomic mass is 32.2. The molecule has 4 aromatic rings. The van der Waals surface area contributed by atoms with E-state index in [1.54, 1.807) is 26.0 Å². The van der Waals surface area contributed by atoms with Crippen molar-refractivity contribution in [3.63, 3.8) is 0 Å². The normalized spacial score (nSPS) is 11.8. The van der Waals surface area contributed by atoms with Crippen LogP contribution < -0.4 is 5.32 Å². The molecule has 1 amide bonds. The Morgan fingerprint density at radius 3 is 2.68 bits per heavy atom. The van der Waals surface area contributed by atoms with Crippen LogP contribution in [0.5, 0.6) is 0 Å². The number of rotatable bonds is 7. The smallest absolute Gasteiger partial charge is 0.257 e. The molecule has 0 saturated heterocycles. The van der Waals surface area contributed by atoms with E-state index in [2.05, 4.69) is 15.3 Å². The van der Waals surface area contributed by atoms with Gasteiger partial charge in [0.2, 0.25) is 10.0 Å². The van der Waals surface area contributed by atoms with Crippen LogP contribution in [0, 0.1) is 0 Å². The first-order chi connectivity index (χ1) is 14.9. The minimum Gasteiger partial charge on any atom is -0.360 e. The fourth-order valence-electron chi connectivity index (χ4n) is 3.42. The molecule has 0 saturated carbocycles. The zero-order valence-corrected chi connectivity index (χ0v) is 18.8. The molecule has 2 N–H and O–H groups in total. The average Bonchev–Trinajstić information content (AvgIpc) is 3.41. The fourth-order valence-corrected chi connectivity index (χ4v) is 5.63. The molecule has 0 aliphatic carbocycles. The van der Waals surface area contributed by atoms with E-state index in [-0.39, 0.29) is 10.5 Å². The second-order valence-corrected chi connectivity index (χ2v) is 9.65. The van der Waals surface area contributed by atoms with Crippen molar-refractivity contribution in [2.75, 3.05) is 18.4 Å². The monoisotopic (exact) mass is 454 g/mol. The Hall–Kier alpha value is -3.01. The van der Waals surface area contributed by atoms with E-state index in [0.717, 1.165) is 22.2 Å². The molecular weight excluding hydrogens is 432 g/mol. The van der Waals surface area contributed by atoms with Crippen LogP contribution in [0.15, 0.2) is 65.0 Å². The van der Waals surface area contributed by atoms with E-state index in [4.69, 9.17) is 0 Å². The van der Waals surface area contributed by atoms with Crippen LogP contribution >= 0.6 is 11.3 Å². The van der Waals surface area contributed by atoms with Gasteiger partial charge in [0, 0.05) is 46.7 Å². The number of H-pyrrole nitrogens is 1. The number of nitrogens with zero attached hydrogens (tertiary/aromatic N) is 2. The van der Waals surface area contributed by atoms with Crippen LogP contribution in [0.4, 0.5) is 5.13 Å². The summed E-state index contributed by atoms with van der Waals surface area (Å²) in [6.45, 7) is 4.30. The summed E-state index contributed by atoms with van der Waals surface area (Å²) in [4.78, 5) is 20.6. The molecule has 4 rings (SSSR count). The van der Waals surface area contributed by atoms with Gasteiger partial charge < -0.3 is 4.98 Å². The SMILES string of the molecule is CCN(CC)S(=O)(=O)c1cccc(C(=O)Nc2nc(-c3c[nH]c4ccccc34)cs2)c1. The zero-order valence-electron chi connectivity index (χ0n) is 17.1. The van der Waals surface area contributed by atoms with Crippen molar-refractivity contribution < 1.29 is 13.2 Å². The molecule has 160 valence electrons. The van der Waals surface area contributed by atoms with Gasteiger partial charge in [-0.05, 0) is 24.3 Å². The van der Waals surface area contributed by atoms with E-state index in [1.807, 2.05) is 35.8 Å². The molecule has 0 bridgehead atoms. The number of hydrogen-bond donors (Lipinski definition) is 2. The maximum Gasteiger partial charge on any atom is 0.257 e. The largest absolute Gasteiger partial charge is 0.360 e. The molecule has 0 atom stereocenters. The van der Waals surface area contributed by atoms with Gasteiger partial charge in [-0.3, -0.25) is 10.1 Å². The molecule has 0 unspecified atom stereocenters. The Bertz CT molecular complexity index is 1340. The molecule has 9 heteroatoms. The molecule has 7 nitrogen and oxygen atoms in total. The number of fused-ring (bicyclic) bond motifs is 1. The van der Waals surface area contributed by atoms with Crippen LogP contribution in [0.2, 0.25) is 0 Å². The Morgan fingerprint density at radius 1 is 1.13 bits per heavy atom. The van der Waals surface area contributed by atoms with Crippen molar-refractivity contribution >= 4 is 43.3 Å². The van der Waals surface area contributed by atoms with Crippen LogP contribution in [-0.2, 0) is 10.0 Å². The number of aromatic amines is 1. The van der Waals surface area contributed by atoms with E-state index in [9.17, 15) is 13.2 Å². The third-order valence-electron chi connectivity index (χ3n) is 5.03. The predicted molar refractivity (Wildman–Crippen MR) is 124 cm³/mol. The van der Waals surface area contributed by atoms with Crippen LogP contribution in [0.3, 0.4) is 0 Å². The van der Waals surface area contributed by atoms with Crippen LogP contribution in [0.25, 0.3) is 22.2 Å². The molecule has 0 radical (unpaired) electrons. The van der Waals surface area contributed by atoms with Gasteiger partial charge in [0.1, 0.15) is 0 Å². The van der Waals surface area contributed by atoms with Crippen LogP contribution in [-0.4, -0.2) is 41.7 Å². The topological polar surface area (TPSA) is 95.2 Å². The quantitative estimate of drug-likeness (QED) is 0.427. The summed E-state index contributed by atoms with van der Waals surface area (Å²) in [5.41, 5.74) is 3.00. The molecule has 0 fully saturated rings. The minimum absolute atomic E-state index is 0.0995. The van der Waals surface area contributed by atoms with E-state index in [1.165, 1.54) is 27.8 Å². The summed E-state index contributed by atoms with van der Waals surface area (Å²) >= 11 is 1.32. The Kier molecular flexibility index (Phi) is 5.90. The lowest BCUT2D eigenvalue weighted by atomic mass is 10.1. The first-order valence-electron chi connectivity index (χ1n) is 9.87. The van der Waals surface area contributed by atoms with Crippen molar-refractivity contribution in [1.29, 1.82) is 0 Å². The van der Waals surface area contributed by atoms with Crippen molar-refractivity contribution in [1.82, 2.24) is 14.3 Å². The molecule has 0 aliphatic rings. The summed E-state index contributed by atoms with van der Waals surface area (Å²) in [6, 6.07) is 14.0. The molecule has 2 heterocycles. The number of carbonyl (C=O) groups excluding carboxylic acids is 1. The predicted octanol–water partition coefficient (Wildman–Crippen LogP) is 4.57. The molecule has 31 heavy (non-hydrogen) atoms. The lowest BCUT2D eigenvalue weighted by Gasteiger charge is -2.18. The number of amides is 1. The second kappa shape index (κ2) is 8.62. The van der Waals surface area contributed by atoms with Gasteiger partial charge in [0.25, 0.3) is 5.91 Å². The highest BCUT2D eigenvalue weighted by Gasteiger charge is 2.22. The zero-order chi connectivity index (χ0) is 22.0. The molecule has 0 spiro atoms. The number of thiazole rings is 1. The standard InChI is InChI=1S/C22H22N4O3S2/c1-3-26(4-2)31(28,29)16-9-7-8-15(12-16)21(27)25-22-24-20(14-30-22)18-13-23-19-11-6-5-10-17(18)19/h5-14,23H,3-4H2,1-2H3,(H,24,25,27). The third-order valence-corrected chi connectivity index (χ3v) is 7.83. The fraction of sp³-hybridized carbons (Fsp3) is 0.182. The molecule has 2 aromatic carbocycles. The molecule has 2 aromatic heterocycles. The maximum atomic E-state index is 12.8. The van der Waals surface area contributed by atoms with Gasteiger partial charge in [-0.1, -0.05) is 38.1 Å². The summed E-state index contributed by atoms with van der Waals surface area (Å²) < 4.78 is 26.9. The Morgan fingerprint density at radius 2 is 1.90 bits per heavy atom. The van der Waals surface area contributed by atoms with E-state index in [0.29, 0.717) is 18.2 Å². The van der Waals surface area contributed by atoms with Gasteiger partial charge >= 0.3 is 0 Å². The van der Waals surface area contributed by atoms with Crippen molar-refractivity contribution in [3.8, 4) is 11.3 Å². The van der Waals surface area contributed by atoms with Gasteiger partial charge in [-0.2, -0.15) is 4.31 Å². The number of anilines is 1. The van der Waals surface area contributed by atoms with Crippen LogP contribution in [0.1, 0.15) is 24.2 Å². The van der Waals surface area contributed by atoms with Crippen molar-refractivity contribution in [2.45, 2.75) is 18.7 Å². The number of benzene rings is 2. The minimum atomic E-state index is -3.64. The molecular formula is C22H22N4O3S2. The van der Waals surface area contributed by atoms with E-state index < -0.39 is 15.9 Å². The van der Waals surface area contributed by atoms with Gasteiger partial charge in [0.05, 0.1) is 10.6 Å². The maximum absolute atomic E-state index is 12.8. The number of nitrogens with one attached hydrogen (secondary N) is 2. The first-order valence-corrected chi connectivity index (χ1v) is 12.2. The molecule has 0 aliphatic heterocycles.